The van der Waals surface area contributed by atoms with Crippen molar-refractivity contribution in [2.24, 2.45) is 9.98 Å². The molecule has 0 amide bonds. The molecular weight excluding hydrogens is 765 g/mol. The van der Waals surface area contributed by atoms with E-state index >= 15 is 9.13 Å². The van der Waals surface area contributed by atoms with Gasteiger partial charge >= 0.3 is 0 Å². The SMILES string of the molecule is CN=CC=NCCCCCCOc1cccc(-n2c3ccc(P(=O)(c4ccccc4)c4ccccc4)cc3c3cc(P(=O)(c4ccccc4)c4ccccc4)ccc32)c1. The van der Waals surface area contributed by atoms with Crippen LogP contribution in [0.15, 0.2) is 192 Å². The Balaban J connectivity index is 1.25. The summed E-state index contributed by atoms with van der Waals surface area (Å²) in [6.07, 6.45) is 7.63. The fraction of sp³-hybridized carbons (Fsp3) is 0.137. The second-order valence-corrected chi connectivity index (χ2v) is 20.1. The molecule has 0 aliphatic heterocycles. The van der Waals surface area contributed by atoms with Gasteiger partial charge in [-0.25, -0.2) is 0 Å². The van der Waals surface area contributed by atoms with Crippen LogP contribution in [0.5, 0.6) is 5.75 Å². The van der Waals surface area contributed by atoms with Crippen LogP contribution in [0.4, 0.5) is 0 Å². The first-order chi connectivity index (χ1) is 29.0. The Hall–Kier alpha value is -6.06. The van der Waals surface area contributed by atoms with Crippen molar-refractivity contribution in [1.29, 1.82) is 0 Å². The highest BCUT2D eigenvalue weighted by Crippen LogP contribution is 2.46. The number of aliphatic imine (C=N–C) groups is 2. The van der Waals surface area contributed by atoms with Gasteiger partial charge in [0.05, 0.1) is 17.6 Å². The summed E-state index contributed by atoms with van der Waals surface area (Å²) in [5, 5.41) is 6.41. The molecule has 0 bridgehead atoms. The van der Waals surface area contributed by atoms with E-state index < -0.39 is 14.3 Å². The Bertz CT molecular complexity index is 2580. The number of benzene rings is 7. The lowest BCUT2D eigenvalue weighted by Gasteiger charge is -2.20. The van der Waals surface area contributed by atoms with Crippen LogP contribution in [0.1, 0.15) is 25.7 Å². The van der Waals surface area contributed by atoms with Gasteiger partial charge in [0.2, 0.25) is 0 Å². The molecule has 0 fully saturated rings. The van der Waals surface area contributed by atoms with Crippen LogP contribution in [-0.4, -0.2) is 37.2 Å². The Morgan fingerprint density at radius 2 is 0.966 bits per heavy atom. The molecule has 1 heterocycles. The standard InChI is InChI=1S/C51H47N3O3P2/c1-52-34-35-53-33-16-2-3-17-36-57-41-20-18-19-40(37-41)54-50-31-29-46(58(55,42-21-8-4-9-22-42)43-23-10-5-11-24-43)38-48(50)49-39-47(30-32-51(49)54)59(56,44-25-12-6-13-26-44)45-27-14-7-15-28-45/h4-15,18-32,34-35,37-39H,2-3,16-17,33,36H2,1H3. The van der Waals surface area contributed by atoms with Crippen LogP contribution < -0.4 is 36.6 Å². The van der Waals surface area contributed by atoms with Gasteiger partial charge in [-0.3, -0.25) is 9.98 Å². The second-order valence-electron chi connectivity index (χ2n) is 14.5. The monoisotopic (exact) mass is 811 g/mol. The molecule has 0 N–H and O–H groups in total. The van der Waals surface area contributed by atoms with E-state index in [-0.39, 0.29) is 0 Å². The number of hydrogen-bond acceptors (Lipinski definition) is 5. The summed E-state index contributed by atoms with van der Waals surface area (Å²) in [6, 6.07) is 59.7. The largest absolute Gasteiger partial charge is 0.494 e. The summed E-state index contributed by atoms with van der Waals surface area (Å²) in [5.41, 5.74) is 2.85. The summed E-state index contributed by atoms with van der Waals surface area (Å²) in [6.45, 7) is 1.43. The molecule has 8 rings (SSSR count). The minimum Gasteiger partial charge on any atom is -0.494 e. The van der Waals surface area contributed by atoms with Gasteiger partial charge in [-0.15, -0.1) is 0 Å². The lowest BCUT2D eigenvalue weighted by Crippen LogP contribution is -2.25. The van der Waals surface area contributed by atoms with Crippen molar-refractivity contribution in [2.45, 2.75) is 25.7 Å². The predicted molar refractivity (Wildman–Crippen MR) is 251 cm³/mol. The van der Waals surface area contributed by atoms with Crippen molar-refractivity contribution >= 4 is 80.3 Å². The van der Waals surface area contributed by atoms with Crippen LogP contribution in [-0.2, 0) is 9.13 Å². The third-order valence-electron chi connectivity index (χ3n) is 10.8. The maximum absolute atomic E-state index is 15.7. The van der Waals surface area contributed by atoms with E-state index in [0.717, 1.165) is 97.3 Å². The molecule has 0 aliphatic rings. The van der Waals surface area contributed by atoms with Gasteiger partial charge in [-0.2, -0.15) is 0 Å². The van der Waals surface area contributed by atoms with E-state index in [4.69, 9.17) is 4.74 Å². The van der Waals surface area contributed by atoms with Crippen LogP contribution in [0.2, 0.25) is 0 Å². The van der Waals surface area contributed by atoms with E-state index in [0.29, 0.717) is 6.61 Å². The lowest BCUT2D eigenvalue weighted by molar-refractivity contribution is 0.305. The third kappa shape index (κ3) is 8.17. The molecule has 294 valence electrons. The van der Waals surface area contributed by atoms with E-state index in [1.54, 1.807) is 19.5 Å². The van der Waals surface area contributed by atoms with E-state index in [1.807, 2.05) is 146 Å². The lowest BCUT2D eigenvalue weighted by atomic mass is 10.1. The molecule has 0 radical (unpaired) electrons. The minimum atomic E-state index is -3.30. The van der Waals surface area contributed by atoms with Crippen molar-refractivity contribution in [2.75, 3.05) is 20.2 Å². The highest BCUT2D eigenvalue weighted by molar-refractivity contribution is 7.85. The first kappa shape index (κ1) is 39.8. The Morgan fingerprint density at radius 1 is 0.492 bits per heavy atom. The topological polar surface area (TPSA) is 73.0 Å². The number of ether oxygens (including phenoxy) is 1. The van der Waals surface area contributed by atoms with Crippen LogP contribution >= 0.6 is 14.3 Å². The highest BCUT2D eigenvalue weighted by Gasteiger charge is 2.32. The molecular formula is C51H47N3O3P2. The number of unbranched alkanes of at least 4 members (excludes halogenated alkanes) is 3. The van der Waals surface area contributed by atoms with Gasteiger partial charge in [0, 0.05) is 80.4 Å². The summed E-state index contributed by atoms with van der Waals surface area (Å²) in [4.78, 5) is 8.28. The quantitative estimate of drug-likeness (QED) is 0.0555. The molecule has 6 nitrogen and oxygen atoms in total. The normalized spacial score (nSPS) is 12.2. The molecule has 1 aromatic heterocycles. The molecule has 0 unspecified atom stereocenters. The Kier molecular flexibility index (Phi) is 12.3. The Morgan fingerprint density at radius 3 is 1.44 bits per heavy atom. The fourth-order valence-corrected chi connectivity index (χ4v) is 13.2. The maximum atomic E-state index is 15.7. The first-order valence-electron chi connectivity index (χ1n) is 20.2. The smallest absolute Gasteiger partial charge is 0.171 e. The second kappa shape index (κ2) is 18.2. The van der Waals surface area contributed by atoms with Gasteiger partial charge in [0.25, 0.3) is 0 Å². The number of fused-ring (bicyclic) bond motifs is 3. The predicted octanol–water partition coefficient (Wildman–Crippen LogP) is 9.77. The zero-order chi connectivity index (χ0) is 40.5. The molecule has 0 atom stereocenters. The zero-order valence-corrected chi connectivity index (χ0v) is 35.0. The zero-order valence-electron chi connectivity index (χ0n) is 33.2. The van der Waals surface area contributed by atoms with Crippen molar-refractivity contribution in [3.8, 4) is 11.4 Å². The molecule has 0 aliphatic carbocycles. The van der Waals surface area contributed by atoms with E-state index in [9.17, 15) is 0 Å². The molecule has 0 saturated heterocycles. The molecule has 7 aromatic carbocycles. The van der Waals surface area contributed by atoms with Crippen LogP contribution in [0.25, 0.3) is 27.5 Å². The van der Waals surface area contributed by atoms with Crippen LogP contribution in [0.3, 0.4) is 0 Å². The maximum Gasteiger partial charge on any atom is 0.171 e. The number of rotatable bonds is 16. The summed E-state index contributed by atoms with van der Waals surface area (Å²) in [5.74, 6) is 0.796. The number of hydrogen-bond donors (Lipinski definition) is 0. The van der Waals surface area contributed by atoms with Crippen LogP contribution in [0, 0.1) is 0 Å². The molecule has 8 aromatic rings. The summed E-state index contributed by atoms with van der Waals surface area (Å²) < 4.78 is 39.9. The van der Waals surface area contributed by atoms with Gasteiger partial charge in [0.15, 0.2) is 14.3 Å². The first-order valence-corrected chi connectivity index (χ1v) is 23.6. The molecule has 0 spiro atoms. The minimum absolute atomic E-state index is 0.623. The molecule has 59 heavy (non-hydrogen) atoms. The fourth-order valence-electron chi connectivity index (χ4n) is 7.86. The third-order valence-corrected chi connectivity index (χ3v) is 16.9. The summed E-state index contributed by atoms with van der Waals surface area (Å²) >= 11 is 0. The average Bonchev–Trinajstić information content (AvgIpc) is 3.63. The average molecular weight is 812 g/mol. The van der Waals surface area contributed by atoms with E-state index in [1.165, 1.54) is 0 Å². The van der Waals surface area contributed by atoms with Gasteiger partial charge in [-0.05, 0) is 67.8 Å². The van der Waals surface area contributed by atoms with E-state index in [2.05, 4.69) is 51.0 Å². The highest BCUT2D eigenvalue weighted by atomic mass is 31.2. The number of nitrogens with zero attached hydrogens (tertiary/aromatic N) is 3. The van der Waals surface area contributed by atoms with Crippen molar-refractivity contribution in [1.82, 2.24) is 4.57 Å². The number of aromatic nitrogens is 1. The van der Waals surface area contributed by atoms with Gasteiger partial charge in [0.1, 0.15) is 5.75 Å². The van der Waals surface area contributed by atoms with Crippen molar-refractivity contribution < 1.29 is 13.9 Å². The molecule has 8 heteroatoms. The van der Waals surface area contributed by atoms with Gasteiger partial charge < -0.3 is 18.4 Å². The van der Waals surface area contributed by atoms with Crippen molar-refractivity contribution in [3.05, 3.63) is 182 Å². The van der Waals surface area contributed by atoms with Gasteiger partial charge in [-0.1, -0.05) is 134 Å². The Labute approximate surface area is 346 Å². The summed E-state index contributed by atoms with van der Waals surface area (Å²) in [7, 11) is -4.85. The van der Waals surface area contributed by atoms with Crippen molar-refractivity contribution in [3.63, 3.8) is 0 Å². The molecule has 0 saturated carbocycles.